The summed E-state index contributed by atoms with van der Waals surface area (Å²) >= 11 is 0. The van der Waals surface area contributed by atoms with Crippen LogP contribution in [0.15, 0.2) is 36.5 Å². The third-order valence-electron chi connectivity index (χ3n) is 9.15. The lowest BCUT2D eigenvalue weighted by molar-refractivity contribution is -0.234. The van der Waals surface area contributed by atoms with Crippen molar-refractivity contribution in [2.45, 2.75) is 75.7 Å². The number of ether oxygens (including phenoxy) is 5. The van der Waals surface area contributed by atoms with Gasteiger partial charge in [-0.1, -0.05) is 44.2 Å². The summed E-state index contributed by atoms with van der Waals surface area (Å²) in [5, 5.41) is 20.2. The van der Waals surface area contributed by atoms with E-state index >= 15 is 0 Å². The minimum Gasteiger partial charge on any atom is -0.463 e. The summed E-state index contributed by atoms with van der Waals surface area (Å²) in [7, 11) is 0. The van der Waals surface area contributed by atoms with Crippen LogP contribution >= 0.6 is 0 Å². The molecule has 3 heterocycles. The summed E-state index contributed by atoms with van der Waals surface area (Å²) in [6, 6.07) is 0. The fourth-order valence-corrected chi connectivity index (χ4v) is 6.72. The molecule has 4 unspecified atom stereocenters. The van der Waals surface area contributed by atoms with Gasteiger partial charge in [0.2, 0.25) is 0 Å². The summed E-state index contributed by atoms with van der Waals surface area (Å²) in [4.78, 5) is 25.8. The smallest absolute Gasteiger partial charge is 0.335 e. The SMILES string of the molecule is CC1CCOC(CO)/C=C/C=C\C(=O)O[C@@H]2C[C@H]3OC4C=CCC[C@]4(COC(=O)[C@@H]1O)[C@]2(C)C31CO1. The van der Waals surface area contributed by atoms with Crippen LogP contribution in [-0.2, 0) is 33.3 Å². The molecule has 2 N–H and O–H groups in total. The first-order valence-electron chi connectivity index (χ1n) is 12.9. The molecule has 2 spiro atoms. The Bertz CT molecular complexity index is 953. The van der Waals surface area contributed by atoms with Crippen LogP contribution in [0.4, 0.5) is 0 Å². The van der Waals surface area contributed by atoms with Crippen LogP contribution in [0.5, 0.6) is 0 Å². The molecule has 0 aromatic heterocycles. The van der Waals surface area contributed by atoms with E-state index in [0.717, 1.165) is 6.42 Å². The number of hydrogen-bond donors (Lipinski definition) is 2. The molecule has 5 rings (SSSR count). The maximum Gasteiger partial charge on any atom is 0.335 e. The second-order valence-corrected chi connectivity index (χ2v) is 10.9. The van der Waals surface area contributed by atoms with Gasteiger partial charge in [-0.2, -0.15) is 0 Å². The molecule has 9 heteroatoms. The molecule has 0 radical (unpaired) electrons. The van der Waals surface area contributed by atoms with Crippen molar-refractivity contribution >= 4 is 11.9 Å². The average molecular weight is 505 g/mol. The highest BCUT2D eigenvalue weighted by molar-refractivity contribution is 5.82. The van der Waals surface area contributed by atoms with Crippen molar-refractivity contribution < 1.29 is 43.5 Å². The lowest BCUT2D eigenvalue weighted by Crippen LogP contribution is -2.66. The van der Waals surface area contributed by atoms with Crippen LogP contribution in [0, 0.1) is 16.7 Å². The summed E-state index contributed by atoms with van der Waals surface area (Å²) in [6.07, 6.45) is 9.66. The monoisotopic (exact) mass is 504 g/mol. The fraction of sp³-hybridized carbons (Fsp3) is 0.704. The van der Waals surface area contributed by atoms with Crippen LogP contribution in [0.25, 0.3) is 0 Å². The lowest BCUT2D eigenvalue weighted by Gasteiger charge is -2.57. The number of allylic oxidation sites excluding steroid dienone is 3. The second-order valence-electron chi connectivity index (χ2n) is 10.9. The van der Waals surface area contributed by atoms with Gasteiger partial charge in [-0.3, -0.25) is 0 Å². The average Bonchev–Trinajstić information content (AvgIpc) is 3.65. The Balaban J connectivity index is 1.49. The molecule has 198 valence electrons. The highest BCUT2D eigenvalue weighted by Gasteiger charge is 2.83. The normalized spacial score (nSPS) is 48.8. The first-order valence-corrected chi connectivity index (χ1v) is 12.9. The van der Waals surface area contributed by atoms with Crippen LogP contribution in [0.1, 0.15) is 39.5 Å². The molecular formula is C27H36O9. The first kappa shape index (κ1) is 25.6. The minimum atomic E-state index is -1.32. The molecule has 9 nitrogen and oxygen atoms in total. The third kappa shape index (κ3) is 3.96. The number of carbonyl (C=O) groups excluding carboxylic acids is 2. The van der Waals surface area contributed by atoms with Gasteiger partial charge in [0.05, 0.1) is 36.9 Å². The van der Waals surface area contributed by atoms with E-state index in [2.05, 4.69) is 13.0 Å². The molecule has 36 heavy (non-hydrogen) atoms. The number of aliphatic hydroxyl groups is 2. The van der Waals surface area contributed by atoms with Crippen LogP contribution in [-0.4, -0.2) is 84.7 Å². The van der Waals surface area contributed by atoms with E-state index in [0.29, 0.717) is 25.9 Å². The number of esters is 2. The molecule has 2 saturated heterocycles. The summed E-state index contributed by atoms with van der Waals surface area (Å²) in [5.41, 5.74) is -1.94. The second kappa shape index (κ2) is 9.68. The van der Waals surface area contributed by atoms with Gasteiger partial charge in [0, 0.05) is 24.5 Å². The standard InChI is InChI=1S/C27H36O9/c1-17-10-12-32-18(14-28)7-3-4-9-22(29)36-20-13-21-27(16-34-27)25(20,2)26(15-33-24(31)23(17)30)11-6-5-8-19(26)35-21/h3-5,7-9,17-21,23,28,30H,6,10-16H2,1-2H3/b7-3+,9-4-/t17?,18?,19?,20-,21-,23-,25-,26-,27?/m1/s1. The van der Waals surface area contributed by atoms with Crippen molar-refractivity contribution in [2.24, 2.45) is 16.7 Å². The van der Waals surface area contributed by atoms with E-state index in [9.17, 15) is 19.8 Å². The van der Waals surface area contributed by atoms with E-state index in [1.807, 2.05) is 6.08 Å². The third-order valence-corrected chi connectivity index (χ3v) is 9.15. The van der Waals surface area contributed by atoms with Crippen molar-refractivity contribution in [2.75, 3.05) is 26.4 Å². The molecule has 2 aliphatic carbocycles. The van der Waals surface area contributed by atoms with Gasteiger partial charge < -0.3 is 33.9 Å². The zero-order chi connectivity index (χ0) is 25.6. The fourth-order valence-electron chi connectivity index (χ4n) is 6.72. The molecule has 0 amide bonds. The van der Waals surface area contributed by atoms with E-state index in [4.69, 9.17) is 23.7 Å². The van der Waals surface area contributed by atoms with Crippen LogP contribution in [0.3, 0.4) is 0 Å². The lowest BCUT2D eigenvalue weighted by atomic mass is 9.52. The molecule has 2 bridgehead atoms. The van der Waals surface area contributed by atoms with Gasteiger partial charge in [-0.05, 0) is 25.2 Å². The Morgan fingerprint density at radius 1 is 1.14 bits per heavy atom. The highest BCUT2D eigenvalue weighted by atomic mass is 16.6. The van der Waals surface area contributed by atoms with Crippen LogP contribution < -0.4 is 0 Å². The van der Waals surface area contributed by atoms with E-state index in [-0.39, 0.29) is 32.0 Å². The molecule has 9 atom stereocenters. The van der Waals surface area contributed by atoms with Gasteiger partial charge in [-0.25, -0.2) is 9.59 Å². The predicted molar refractivity (Wildman–Crippen MR) is 127 cm³/mol. The first-order chi connectivity index (χ1) is 17.3. The molecule has 3 aliphatic heterocycles. The number of hydrogen-bond acceptors (Lipinski definition) is 9. The molecule has 0 aromatic carbocycles. The van der Waals surface area contributed by atoms with Gasteiger partial charge in [0.25, 0.3) is 0 Å². The molecular weight excluding hydrogens is 468 g/mol. The minimum absolute atomic E-state index is 0.0225. The summed E-state index contributed by atoms with van der Waals surface area (Å²) < 4.78 is 30.1. The van der Waals surface area contributed by atoms with Crippen LogP contribution in [0.2, 0.25) is 0 Å². The van der Waals surface area contributed by atoms with Crippen molar-refractivity contribution in [1.82, 2.24) is 0 Å². The number of cyclic esters (lactones) is 1. The van der Waals surface area contributed by atoms with Gasteiger partial charge in [-0.15, -0.1) is 0 Å². The topological polar surface area (TPSA) is 124 Å². The predicted octanol–water partition coefficient (Wildman–Crippen LogP) is 1.61. The van der Waals surface area contributed by atoms with Crippen molar-refractivity contribution in [3.05, 3.63) is 36.5 Å². The maximum absolute atomic E-state index is 13.0. The Kier molecular flexibility index (Phi) is 6.89. The Labute approximate surface area is 211 Å². The van der Waals surface area contributed by atoms with Crippen molar-refractivity contribution in [1.29, 1.82) is 0 Å². The van der Waals surface area contributed by atoms with Gasteiger partial charge in [0.1, 0.15) is 18.3 Å². The Morgan fingerprint density at radius 3 is 2.69 bits per heavy atom. The van der Waals surface area contributed by atoms with E-state index < -0.39 is 52.6 Å². The zero-order valence-electron chi connectivity index (χ0n) is 20.8. The van der Waals surface area contributed by atoms with Gasteiger partial charge >= 0.3 is 11.9 Å². The summed E-state index contributed by atoms with van der Waals surface area (Å²) in [5.74, 6) is -1.59. The number of epoxide rings is 1. The largest absolute Gasteiger partial charge is 0.463 e. The molecule has 0 aromatic rings. The number of carbonyl (C=O) groups is 2. The molecule has 3 fully saturated rings. The summed E-state index contributed by atoms with van der Waals surface area (Å²) in [6.45, 7) is 4.35. The highest BCUT2D eigenvalue weighted by Crippen LogP contribution is 2.71. The Hall–Kier alpha value is -2.04. The van der Waals surface area contributed by atoms with Crippen molar-refractivity contribution in [3.8, 4) is 0 Å². The molecule has 5 aliphatic rings. The Morgan fingerprint density at radius 2 is 1.94 bits per heavy atom. The molecule has 1 saturated carbocycles. The van der Waals surface area contributed by atoms with Crippen molar-refractivity contribution in [3.63, 3.8) is 0 Å². The number of rotatable bonds is 1. The van der Waals surface area contributed by atoms with E-state index in [1.165, 1.54) is 6.08 Å². The number of aliphatic hydroxyl groups excluding tert-OH is 2. The maximum atomic E-state index is 13.0. The van der Waals surface area contributed by atoms with Gasteiger partial charge in [0.15, 0.2) is 6.10 Å². The zero-order valence-corrected chi connectivity index (χ0v) is 20.8. The quantitative estimate of drug-likeness (QED) is 0.311. The van der Waals surface area contributed by atoms with E-state index in [1.54, 1.807) is 25.2 Å².